The van der Waals surface area contributed by atoms with Crippen LogP contribution in [-0.4, -0.2) is 31.5 Å². The second-order valence-corrected chi connectivity index (χ2v) is 5.15. The van der Waals surface area contributed by atoms with Gasteiger partial charge in [0.1, 0.15) is 6.04 Å². The van der Waals surface area contributed by atoms with E-state index in [2.05, 4.69) is 48.5 Å². The average molecular weight is 325 g/mol. The third-order valence-corrected chi connectivity index (χ3v) is 3.32. The van der Waals surface area contributed by atoms with Crippen LogP contribution in [0.2, 0.25) is 0 Å². The monoisotopic (exact) mass is 324 g/mol. The van der Waals surface area contributed by atoms with Crippen molar-refractivity contribution in [3.63, 3.8) is 0 Å². The third-order valence-electron chi connectivity index (χ3n) is 2.76. The van der Waals surface area contributed by atoms with Gasteiger partial charge in [-0.15, -0.1) is 5.10 Å². The largest absolute Gasteiger partial charge is 0.302 e. The number of nitrogens with one attached hydrogen (secondary N) is 1. The predicted molar refractivity (Wildman–Crippen MR) is 75.6 cm³/mol. The molecular weight excluding hydrogens is 308 g/mol. The molecular formula is C12H17BrN6. The summed E-state index contributed by atoms with van der Waals surface area (Å²) in [4.78, 5) is 8.81. The van der Waals surface area contributed by atoms with Gasteiger partial charge in [-0.1, -0.05) is 12.1 Å². The molecule has 0 aliphatic carbocycles. The Kier molecular flexibility index (Phi) is 4.60. The Morgan fingerprint density at radius 1 is 1.37 bits per heavy atom. The zero-order valence-corrected chi connectivity index (χ0v) is 12.8. The van der Waals surface area contributed by atoms with Gasteiger partial charge in [-0.3, -0.25) is 0 Å². The van der Waals surface area contributed by atoms with E-state index in [1.54, 1.807) is 4.68 Å². The van der Waals surface area contributed by atoms with Crippen molar-refractivity contribution < 1.29 is 0 Å². The van der Waals surface area contributed by atoms with E-state index in [1.807, 2.05) is 26.4 Å². The first kappa shape index (κ1) is 14.1. The van der Waals surface area contributed by atoms with Gasteiger partial charge in [0.25, 0.3) is 0 Å². The molecule has 0 aliphatic heterocycles. The van der Waals surface area contributed by atoms with Crippen molar-refractivity contribution in [3.8, 4) is 0 Å². The van der Waals surface area contributed by atoms with Crippen LogP contribution < -0.4 is 5.32 Å². The van der Waals surface area contributed by atoms with E-state index in [4.69, 9.17) is 0 Å². The second-order valence-electron chi connectivity index (χ2n) is 4.39. The number of nitrogens with zero attached hydrogens (tertiary/aromatic N) is 5. The molecule has 0 radical (unpaired) electrons. The van der Waals surface area contributed by atoms with Crippen LogP contribution >= 0.6 is 15.9 Å². The predicted octanol–water partition coefficient (Wildman–Crippen LogP) is 1.77. The summed E-state index contributed by atoms with van der Waals surface area (Å²) in [5, 5.41) is 11.5. The van der Waals surface area contributed by atoms with Crippen molar-refractivity contribution in [2.45, 2.75) is 26.3 Å². The Morgan fingerprint density at radius 3 is 2.58 bits per heavy atom. The summed E-state index contributed by atoms with van der Waals surface area (Å²) >= 11 is 3.43. The van der Waals surface area contributed by atoms with Crippen LogP contribution in [0.25, 0.3) is 0 Å². The first-order chi connectivity index (χ1) is 9.13. The first-order valence-electron chi connectivity index (χ1n) is 6.20. The van der Waals surface area contributed by atoms with Gasteiger partial charge in [-0.05, 0) is 41.4 Å². The average Bonchev–Trinajstić information content (AvgIpc) is 2.73. The van der Waals surface area contributed by atoms with E-state index >= 15 is 0 Å². The molecule has 0 saturated carbocycles. The molecule has 0 fully saturated rings. The number of hydrogen-bond acceptors (Lipinski definition) is 5. The van der Waals surface area contributed by atoms with Crippen LogP contribution in [0.15, 0.2) is 17.0 Å². The summed E-state index contributed by atoms with van der Waals surface area (Å²) in [6.07, 6.45) is 4.67. The molecule has 0 amide bonds. The highest BCUT2D eigenvalue weighted by Crippen LogP contribution is 2.24. The quantitative estimate of drug-likeness (QED) is 0.907. The minimum atomic E-state index is -0.116. The highest BCUT2D eigenvalue weighted by atomic mass is 79.9. The number of halogens is 1. The van der Waals surface area contributed by atoms with Crippen molar-refractivity contribution in [1.29, 1.82) is 0 Å². The molecule has 6 nitrogen and oxygen atoms in total. The number of aryl methyl sites for hydroxylation is 2. The molecule has 2 aromatic heterocycles. The fraction of sp³-hybridized carbons (Fsp3) is 0.500. The normalized spacial score (nSPS) is 12.6. The molecule has 102 valence electrons. The summed E-state index contributed by atoms with van der Waals surface area (Å²) in [5.41, 5.74) is 1.97. The minimum absolute atomic E-state index is 0.116. The van der Waals surface area contributed by atoms with Crippen LogP contribution in [0, 0.1) is 6.92 Å². The zero-order chi connectivity index (χ0) is 13.8. The van der Waals surface area contributed by atoms with E-state index in [0.717, 1.165) is 30.0 Å². The first-order valence-corrected chi connectivity index (χ1v) is 6.99. The summed E-state index contributed by atoms with van der Waals surface area (Å²) in [5.74, 6) is 0.727. The number of hydrogen-bond donors (Lipinski definition) is 1. The molecule has 1 atom stereocenters. The lowest BCUT2D eigenvalue weighted by Gasteiger charge is -2.17. The van der Waals surface area contributed by atoms with Gasteiger partial charge < -0.3 is 5.32 Å². The molecule has 2 heterocycles. The van der Waals surface area contributed by atoms with E-state index in [-0.39, 0.29) is 6.04 Å². The fourth-order valence-corrected chi connectivity index (χ4v) is 2.35. The molecule has 19 heavy (non-hydrogen) atoms. The topological polar surface area (TPSA) is 68.5 Å². The third kappa shape index (κ3) is 3.16. The van der Waals surface area contributed by atoms with Crippen LogP contribution in [-0.2, 0) is 7.05 Å². The molecule has 2 aromatic rings. The molecule has 0 aromatic carbocycles. The number of rotatable bonds is 5. The molecule has 2 rings (SSSR count). The highest BCUT2D eigenvalue weighted by molar-refractivity contribution is 9.10. The lowest BCUT2D eigenvalue weighted by atomic mass is 10.2. The Hall–Kier alpha value is -1.34. The summed E-state index contributed by atoms with van der Waals surface area (Å²) in [6, 6.07) is -0.116. The van der Waals surface area contributed by atoms with Gasteiger partial charge in [0.2, 0.25) is 0 Å². The van der Waals surface area contributed by atoms with E-state index < -0.39 is 0 Å². The van der Waals surface area contributed by atoms with E-state index in [0.29, 0.717) is 4.60 Å². The Balaban J connectivity index is 2.38. The van der Waals surface area contributed by atoms with Gasteiger partial charge in [0.15, 0.2) is 10.4 Å². The van der Waals surface area contributed by atoms with E-state index in [9.17, 15) is 0 Å². The molecule has 0 aliphatic rings. The Labute approximate surface area is 120 Å². The maximum Gasteiger partial charge on any atom is 0.153 e. The van der Waals surface area contributed by atoms with Crippen molar-refractivity contribution in [2.24, 2.45) is 7.05 Å². The molecule has 1 N–H and O–H groups in total. The van der Waals surface area contributed by atoms with Gasteiger partial charge in [-0.25, -0.2) is 14.6 Å². The van der Waals surface area contributed by atoms with Gasteiger partial charge in [0.05, 0.1) is 5.69 Å². The van der Waals surface area contributed by atoms with E-state index in [1.165, 1.54) is 0 Å². The maximum absolute atomic E-state index is 4.41. The second kappa shape index (κ2) is 6.21. The molecule has 1 unspecified atom stereocenters. The van der Waals surface area contributed by atoms with Gasteiger partial charge in [0, 0.05) is 19.4 Å². The SMILES string of the molecule is CCCNC(c1ncc(C)cn1)c1c(Br)nnn1C. The molecule has 0 spiro atoms. The van der Waals surface area contributed by atoms with Crippen LogP contribution in [0.4, 0.5) is 0 Å². The van der Waals surface area contributed by atoms with Gasteiger partial charge in [-0.2, -0.15) is 0 Å². The lowest BCUT2D eigenvalue weighted by molar-refractivity contribution is 0.528. The molecule has 0 saturated heterocycles. The van der Waals surface area contributed by atoms with Crippen molar-refractivity contribution >= 4 is 15.9 Å². The summed E-state index contributed by atoms with van der Waals surface area (Å²) in [7, 11) is 1.86. The minimum Gasteiger partial charge on any atom is -0.302 e. The summed E-state index contributed by atoms with van der Waals surface area (Å²) in [6.45, 7) is 4.97. The Morgan fingerprint density at radius 2 is 2.05 bits per heavy atom. The van der Waals surface area contributed by atoms with Crippen LogP contribution in [0.1, 0.15) is 36.5 Å². The molecule has 0 bridgehead atoms. The lowest BCUT2D eigenvalue weighted by Crippen LogP contribution is -2.27. The van der Waals surface area contributed by atoms with Crippen LogP contribution in [0.3, 0.4) is 0 Å². The van der Waals surface area contributed by atoms with Crippen LogP contribution in [0.5, 0.6) is 0 Å². The zero-order valence-electron chi connectivity index (χ0n) is 11.3. The molecule has 7 heteroatoms. The van der Waals surface area contributed by atoms with Crippen molar-refractivity contribution in [2.75, 3.05) is 6.54 Å². The highest BCUT2D eigenvalue weighted by Gasteiger charge is 2.23. The van der Waals surface area contributed by atoms with Crippen molar-refractivity contribution in [1.82, 2.24) is 30.3 Å². The Bertz CT molecular complexity index is 516. The van der Waals surface area contributed by atoms with Crippen molar-refractivity contribution in [3.05, 3.63) is 34.1 Å². The number of aromatic nitrogens is 5. The summed E-state index contributed by atoms with van der Waals surface area (Å²) < 4.78 is 2.45. The van der Waals surface area contributed by atoms with Gasteiger partial charge >= 0.3 is 0 Å². The fourth-order valence-electron chi connectivity index (χ4n) is 1.80. The standard InChI is InChI=1S/C12H17BrN6/c1-4-5-14-9(10-11(13)17-18-19(10)3)12-15-6-8(2)7-16-12/h6-7,9,14H,4-5H2,1-3H3. The maximum atomic E-state index is 4.41. The smallest absolute Gasteiger partial charge is 0.153 e.